The summed E-state index contributed by atoms with van der Waals surface area (Å²) in [5.41, 5.74) is 1.22. The molecule has 3 aromatic rings. The fourth-order valence-electron chi connectivity index (χ4n) is 3.81. The molecular formula is C19H23N7O3S. The van der Waals surface area contributed by atoms with Crippen molar-refractivity contribution in [2.75, 3.05) is 30.4 Å². The molecule has 11 heteroatoms. The Labute approximate surface area is 177 Å². The summed E-state index contributed by atoms with van der Waals surface area (Å²) in [5.74, 6) is 0.263. The first-order chi connectivity index (χ1) is 14.4. The number of thiazole rings is 1. The summed E-state index contributed by atoms with van der Waals surface area (Å²) in [5, 5.41) is 14.7. The van der Waals surface area contributed by atoms with Gasteiger partial charge in [-0.05, 0) is 18.4 Å². The first-order valence-corrected chi connectivity index (χ1v) is 10.5. The minimum Gasteiger partial charge on any atom is -0.481 e. The standard InChI is InChI=1S/C19H23N7O3S/c1-11-4-6-26(19(29)24-18-23-12(9-30-18)7-15(27)28)8-14(11)25(2)17-13-3-5-20-16(13)21-10-22-17/h3,5,9-11,14H,4,6-8H2,1-2H3,(H,27,28)(H,20,21,22)(H,23,24,29). The lowest BCUT2D eigenvalue weighted by atomic mass is 9.92. The summed E-state index contributed by atoms with van der Waals surface area (Å²) < 4.78 is 0. The molecular weight excluding hydrogens is 406 g/mol. The minimum atomic E-state index is -0.949. The number of carboxylic acid groups (broad SMARTS) is 1. The van der Waals surface area contributed by atoms with Gasteiger partial charge < -0.3 is 19.9 Å². The third kappa shape index (κ3) is 4.06. The van der Waals surface area contributed by atoms with Crippen LogP contribution < -0.4 is 10.2 Å². The second-order valence-electron chi connectivity index (χ2n) is 7.47. The van der Waals surface area contributed by atoms with Crippen molar-refractivity contribution in [3.63, 3.8) is 0 Å². The minimum absolute atomic E-state index is 0.0939. The maximum absolute atomic E-state index is 12.8. The van der Waals surface area contributed by atoms with Crippen molar-refractivity contribution in [1.82, 2.24) is 24.8 Å². The predicted molar refractivity (Wildman–Crippen MR) is 114 cm³/mol. The maximum atomic E-state index is 12.8. The smallest absolute Gasteiger partial charge is 0.323 e. The van der Waals surface area contributed by atoms with E-state index in [0.29, 0.717) is 29.8 Å². The Morgan fingerprint density at radius 3 is 3.07 bits per heavy atom. The summed E-state index contributed by atoms with van der Waals surface area (Å²) in [6.07, 6.45) is 4.09. The van der Waals surface area contributed by atoms with Gasteiger partial charge in [0, 0.05) is 31.7 Å². The number of likely N-dealkylation sites (N-methyl/N-ethyl adjacent to an activating group) is 1. The van der Waals surface area contributed by atoms with Gasteiger partial charge in [-0.25, -0.2) is 19.7 Å². The van der Waals surface area contributed by atoms with Gasteiger partial charge in [0.15, 0.2) is 5.13 Å². The lowest BCUT2D eigenvalue weighted by molar-refractivity contribution is -0.136. The highest BCUT2D eigenvalue weighted by Crippen LogP contribution is 2.29. The number of urea groups is 1. The van der Waals surface area contributed by atoms with Crippen LogP contribution in [0.25, 0.3) is 11.0 Å². The van der Waals surface area contributed by atoms with Crippen LogP contribution in [0.15, 0.2) is 24.0 Å². The Morgan fingerprint density at radius 1 is 1.43 bits per heavy atom. The number of rotatable bonds is 5. The lowest BCUT2D eigenvalue weighted by Gasteiger charge is -2.42. The molecule has 0 bridgehead atoms. The Bertz CT molecular complexity index is 1070. The number of carbonyl (C=O) groups is 2. The molecule has 158 valence electrons. The third-order valence-electron chi connectivity index (χ3n) is 5.47. The van der Waals surface area contributed by atoms with Gasteiger partial charge in [-0.15, -0.1) is 11.3 Å². The highest BCUT2D eigenvalue weighted by atomic mass is 32.1. The number of carbonyl (C=O) groups excluding carboxylic acids is 1. The van der Waals surface area contributed by atoms with E-state index >= 15 is 0 Å². The number of aromatic nitrogens is 4. The molecule has 1 aliphatic heterocycles. The van der Waals surface area contributed by atoms with Crippen LogP contribution in [0.3, 0.4) is 0 Å². The van der Waals surface area contributed by atoms with Gasteiger partial charge in [0.05, 0.1) is 23.5 Å². The molecule has 4 rings (SSSR count). The number of nitrogens with one attached hydrogen (secondary N) is 2. The van der Waals surface area contributed by atoms with Crippen molar-refractivity contribution >= 4 is 45.3 Å². The lowest BCUT2D eigenvalue weighted by Crippen LogP contribution is -2.53. The molecule has 1 saturated heterocycles. The van der Waals surface area contributed by atoms with E-state index < -0.39 is 5.97 Å². The van der Waals surface area contributed by atoms with E-state index in [0.717, 1.165) is 23.3 Å². The highest BCUT2D eigenvalue weighted by molar-refractivity contribution is 7.13. The van der Waals surface area contributed by atoms with E-state index in [2.05, 4.69) is 37.1 Å². The van der Waals surface area contributed by atoms with Crippen molar-refractivity contribution in [1.29, 1.82) is 0 Å². The quantitative estimate of drug-likeness (QED) is 0.568. The number of fused-ring (bicyclic) bond motifs is 1. The van der Waals surface area contributed by atoms with Crippen LogP contribution >= 0.6 is 11.3 Å². The Kier molecular flexibility index (Phi) is 5.53. The number of anilines is 2. The van der Waals surface area contributed by atoms with Crippen LogP contribution in [0.1, 0.15) is 19.0 Å². The molecule has 1 fully saturated rings. The number of nitrogens with zero attached hydrogens (tertiary/aromatic N) is 5. The SMILES string of the molecule is CC1CCN(C(=O)Nc2nc(CC(=O)O)cs2)CC1N(C)c1ncnc2[nH]ccc12. The summed E-state index contributed by atoms with van der Waals surface area (Å²) >= 11 is 1.23. The number of aromatic amines is 1. The molecule has 2 atom stereocenters. The second kappa shape index (κ2) is 8.27. The number of hydrogen-bond donors (Lipinski definition) is 3. The van der Waals surface area contributed by atoms with Crippen LogP contribution in [0.2, 0.25) is 0 Å². The molecule has 0 aliphatic carbocycles. The van der Waals surface area contributed by atoms with Crippen molar-refractivity contribution in [3.05, 3.63) is 29.7 Å². The summed E-state index contributed by atoms with van der Waals surface area (Å²) in [6.45, 7) is 3.38. The van der Waals surface area contributed by atoms with Crippen LogP contribution in [0.5, 0.6) is 0 Å². The fraction of sp³-hybridized carbons (Fsp3) is 0.421. The fourth-order valence-corrected chi connectivity index (χ4v) is 4.51. The number of hydrogen-bond acceptors (Lipinski definition) is 7. The highest BCUT2D eigenvalue weighted by Gasteiger charge is 2.33. The van der Waals surface area contributed by atoms with Gasteiger partial charge in [0.2, 0.25) is 0 Å². The Morgan fingerprint density at radius 2 is 2.27 bits per heavy atom. The van der Waals surface area contributed by atoms with Crippen LogP contribution in [-0.4, -0.2) is 68.1 Å². The largest absolute Gasteiger partial charge is 0.481 e. The van der Waals surface area contributed by atoms with Gasteiger partial charge in [-0.1, -0.05) is 6.92 Å². The molecule has 2 amide bonds. The molecule has 10 nitrogen and oxygen atoms in total. The van der Waals surface area contributed by atoms with E-state index in [9.17, 15) is 9.59 Å². The van der Waals surface area contributed by atoms with Gasteiger partial charge in [-0.2, -0.15) is 0 Å². The summed E-state index contributed by atoms with van der Waals surface area (Å²) in [4.78, 5) is 43.5. The van der Waals surface area contributed by atoms with Gasteiger partial charge in [0.25, 0.3) is 0 Å². The summed E-state index contributed by atoms with van der Waals surface area (Å²) in [6, 6.07) is 1.82. The summed E-state index contributed by atoms with van der Waals surface area (Å²) in [7, 11) is 2.00. The number of piperidine rings is 1. The normalized spacial score (nSPS) is 19.1. The van der Waals surface area contributed by atoms with E-state index in [1.54, 1.807) is 16.6 Å². The molecule has 1 aliphatic rings. The number of likely N-dealkylation sites (tertiary alicyclic amines) is 1. The predicted octanol–water partition coefficient (Wildman–Crippen LogP) is 2.42. The van der Waals surface area contributed by atoms with Crippen molar-refractivity contribution in [2.45, 2.75) is 25.8 Å². The molecule has 30 heavy (non-hydrogen) atoms. The van der Waals surface area contributed by atoms with Crippen LogP contribution in [0.4, 0.5) is 15.7 Å². The molecule has 3 aromatic heterocycles. The van der Waals surface area contributed by atoms with Crippen molar-refractivity contribution in [2.24, 2.45) is 5.92 Å². The number of H-pyrrole nitrogens is 1. The Balaban J connectivity index is 1.46. The zero-order valence-corrected chi connectivity index (χ0v) is 17.5. The van der Waals surface area contributed by atoms with E-state index in [-0.39, 0.29) is 18.5 Å². The van der Waals surface area contributed by atoms with Crippen LogP contribution in [-0.2, 0) is 11.2 Å². The molecule has 0 radical (unpaired) electrons. The van der Waals surface area contributed by atoms with E-state index in [1.807, 2.05) is 19.3 Å². The topological polar surface area (TPSA) is 127 Å². The van der Waals surface area contributed by atoms with E-state index in [1.165, 1.54) is 11.3 Å². The molecule has 2 unspecified atom stereocenters. The zero-order valence-electron chi connectivity index (χ0n) is 16.7. The number of aliphatic carboxylic acids is 1. The van der Waals surface area contributed by atoms with Gasteiger partial charge in [0.1, 0.15) is 17.8 Å². The molecule has 3 N–H and O–H groups in total. The zero-order chi connectivity index (χ0) is 21.3. The molecule has 4 heterocycles. The van der Waals surface area contributed by atoms with Gasteiger partial charge >= 0.3 is 12.0 Å². The Hall–Kier alpha value is -3.21. The average molecular weight is 430 g/mol. The van der Waals surface area contributed by atoms with Crippen LogP contribution in [0, 0.1) is 5.92 Å². The molecule has 0 saturated carbocycles. The second-order valence-corrected chi connectivity index (χ2v) is 8.33. The van der Waals surface area contributed by atoms with E-state index in [4.69, 9.17) is 5.11 Å². The molecule has 0 spiro atoms. The first kappa shape index (κ1) is 20.1. The first-order valence-electron chi connectivity index (χ1n) is 9.65. The van der Waals surface area contributed by atoms with Crippen molar-refractivity contribution in [3.8, 4) is 0 Å². The van der Waals surface area contributed by atoms with Gasteiger partial charge in [-0.3, -0.25) is 10.1 Å². The maximum Gasteiger partial charge on any atom is 0.323 e. The molecule has 0 aromatic carbocycles. The average Bonchev–Trinajstić information content (AvgIpc) is 3.36. The number of carboxylic acids is 1. The van der Waals surface area contributed by atoms with Crippen molar-refractivity contribution < 1.29 is 14.7 Å². The third-order valence-corrected chi connectivity index (χ3v) is 6.27. The monoisotopic (exact) mass is 429 g/mol. The number of amides is 2.